The molecule has 2 aliphatic rings. The van der Waals surface area contributed by atoms with Crippen molar-refractivity contribution in [3.8, 4) is 17.0 Å². The quantitative estimate of drug-likeness (QED) is 0.577. The monoisotopic (exact) mass is 496 g/mol. The number of rotatable bonds is 6. The summed E-state index contributed by atoms with van der Waals surface area (Å²) in [6.45, 7) is 3.47. The molecule has 1 N–H and O–H groups in total. The molecule has 0 radical (unpaired) electrons. The molecule has 2 fully saturated rings. The Kier molecular flexibility index (Phi) is 6.32. The van der Waals surface area contributed by atoms with Crippen LogP contribution in [0.2, 0.25) is 5.02 Å². The van der Waals surface area contributed by atoms with Crippen molar-refractivity contribution >= 4 is 23.5 Å². The van der Waals surface area contributed by atoms with Gasteiger partial charge in [0.25, 0.3) is 0 Å². The van der Waals surface area contributed by atoms with Gasteiger partial charge in [0.1, 0.15) is 23.6 Å². The molecule has 2 aliphatic heterocycles. The SMILES string of the molecule is COCOc1cc(Cl)c(F)cc1-c1cnc(N(C)[C@@H]2C[C@@]3(C)CC[C@@](C)([C@@H]2F)N3C(=O)O)cn1. The maximum atomic E-state index is 15.8. The molecular formula is C23H27ClF2N4O4. The largest absolute Gasteiger partial charge is 0.467 e. The van der Waals surface area contributed by atoms with Gasteiger partial charge in [0.05, 0.1) is 34.7 Å². The lowest BCUT2D eigenvalue weighted by Gasteiger charge is -2.53. The van der Waals surface area contributed by atoms with Crippen LogP contribution in [0.4, 0.5) is 19.4 Å². The lowest BCUT2D eigenvalue weighted by atomic mass is 9.80. The van der Waals surface area contributed by atoms with E-state index in [2.05, 4.69) is 9.97 Å². The normalized spacial score (nSPS) is 28.1. The summed E-state index contributed by atoms with van der Waals surface area (Å²) < 4.78 is 40.3. The van der Waals surface area contributed by atoms with E-state index in [0.29, 0.717) is 36.3 Å². The second-order valence-electron chi connectivity index (χ2n) is 9.33. The standard InChI is InChI=1S/C23H27ClF2N4O4/c1-22-5-6-23(2,30(22)21(31)32)20(26)17(9-22)29(3)19-11-27-16(10-28-19)13-7-15(25)14(24)8-18(13)34-12-33-4/h7-8,10-11,17,20H,5-6,9,12H2,1-4H3,(H,31,32)/t17-,20-,22-,23+/m1/s1. The van der Waals surface area contributed by atoms with Crippen LogP contribution in [0.3, 0.4) is 0 Å². The maximum absolute atomic E-state index is 15.8. The molecule has 8 nitrogen and oxygen atoms in total. The van der Waals surface area contributed by atoms with Crippen LogP contribution in [0.15, 0.2) is 24.5 Å². The van der Waals surface area contributed by atoms with Crippen LogP contribution >= 0.6 is 11.6 Å². The molecule has 0 unspecified atom stereocenters. The zero-order valence-corrected chi connectivity index (χ0v) is 20.1. The summed E-state index contributed by atoms with van der Waals surface area (Å²) in [7, 11) is 3.18. The fourth-order valence-corrected chi connectivity index (χ4v) is 5.50. The predicted octanol–water partition coefficient (Wildman–Crippen LogP) is 4.76. The molecule has 3 heterocycles. The van der Waals surface area contributed by atoms with E-state index in [4.69, 9.17) is 21.1 Å². The summed E-state index contributed by atoms with van der Waals surface area (Å²) in [5, 5.41) is 9.63. The van der Waals surface area contributed by atoms with Crippen molar-refractivity contribution in [1.82, 2.24) is 14.9 Å². The molecule has 184 valence electrons. The fourth-order valence-electron chi connectivity index (χ4n) is 5.35. The van der Waals surface area contributed by atoms with Crippen molar-refractivity contribution in [2.75, 3.05) is 25.9 Å². The first kappa shape index (κ1) is 24.4. The van der Waals surface area contributed by atoms with Crippen molar-refractivity contribution < 1.29 is 28.2 Å². The van der Waals surface area contributed by atoms with E-state index >= 15 is 4.39 Å². The van der Waals surface area contributed by atoms with E-state index in [1.807, 2.05) is 6.92 Å². The van der Waals surface area contributed by atoms with E-state index in [1.54, 1.807) is 18.9 Å². The Bertz CT molecular complexity index is 1090. The van der Waals surface area contributed by atoms with Crippen molar-refractivity contribution in [3.05, 3.63) is 35.4 Å². The van der Waals surface area contributed by atoms with Crippen molar-refractivity contribution in [2.45, 2.75) is 56.4 Å². The number of nitrogens with zero attached hydrogens (tertiary/aromatic N) is 4. The number of alkyl halides is 1. The molecule has 2 saturated heterocycles. The molecule has 11 heteroatoms. The molecule has 1 amide bonds. The first-order chi connectivity index (χ1) is 16.0. The summed E-state index contributed by atoms with van der Waals surface area (Å²) in [6.07, 6.45) is 1.79. The van der Waals surface area contributed by atoms with E-state index in [9.17, 15) is 14.3 Å². The van der Waals surface area contributed by atoms with E-state index in [0.717, 1.165) is 0 Å². The minimum Gasteiger partial charge on any atom is -0.467 e. The molecule has 34 heavy (non-hydrogen) atoms. The minimum absolute atomic E-state index is 0.0618. The lowest BCUT2D eigenvalue weighted by molar-refractivity contribution is -0.0380. The molecule has 0 spiro atoms. The first-order valence-corrected chi connectivity index (χ1v) is 11.2. The van der Waals surface area contributed by atoms with Crippen molar-refractivity contribution in [3.63, 3.8) is 0 Å². The summed E-state index contributed by atoms with van der Waals surface area (Å²) in [4.78, 5) is 23.7. The predicted molar refractivity (Wildman–Crippen MR) is 123 cm³/mol. The third-order valence-corrected chi connectivity index (χ3v) is 7.41. The van der Waals surface area contributed by atoms with Gasteiger partial charge in [0.2, 0.25) is 0 Å². The van der Waals surface area contributed by atoms with Gasteiger partial charge in [-0.15, -0.1) is 0 Å². The molecule has 4 rings (SSSR count). The number of halogens is 3. The number of methoxy groups -OCH3 is 1. The third-order valence-electron chi connectivity index (χ3n) is 7.12. The van der Waals surface area contributed by atoms with Gasteiger partial charge in [-0.3, -0.25) is 9.88 Å². The topological polar surface area (TPSA) is 88.0 Å². The van der Waals surface area contributed by atoms with Gasteiger partial charge in [-0.2, -0.15) is 0 Å². The van der Waals surface area contributed by atoms with Gasteiger partial charge in [-0.05, 0) is 39.2 Å². The van der Waals surface area contributed by atoms with Gasteiger partial charge in [-0.1, -0.05) is 11.6 Å². The molecule has 0 aliphatic carbocycles. The highest BCUT2D eigenvalue weighted by Crippen LogP contribution is 2.52. The summed E-state index contributed by atoms with van der Waals surface area (Å²) >= 11 is 5.89. The zero-order valence-electron chi connectivity index (χ0n) is 19.4. The van der Waals surface area contributed by atoms with E-state index in [-0.39, 0.29) is 17.6 Å². The average Bonchev–Trinajstić information content (AvgIpc) is 3.03. The Morgan fingerprint density at radius 3 is 2.68 bits per heavy atom. The van der Waals surface area contributed by atoms with Crippen LogP contribution in [0, 0.1) is 5.82 Å². The smallest absolute Gasteiger partial charge is 0.408 e. The Morgan fingerprint density at radius 2 is 2.06 bits per heavy atom. The number of anilines is 1. The Hall–Kier alpha value is -2.72. The average molecular weight is 497 g/mol. The fraction of sp³-hybridized carbons (Fsp3) is 0.522. The number of piperidine rings is 1. The molecule has 1 aromatic heterocycles. The highest BCUT2D eigenvalue weighted by molar-refractivity contribution is 6.31. The minimum atomic E-state index is -1.41. The lowest BCUT2D eigenvalue weighted by Crippen LogP contribution is -2.68. The first-order valence-electron chi connectivity index (χ1n) is 10.9. The number of amides is 1. The van der Waals surface area contributed by atoms with Gasteiger partial charge in [-0.25, -0.2) is 18.6 Å². The van der Waals surface area contributed by atoms with Gasteiger partial charge in [0, 0.05) is 31.3 Å². The number of fused-ring (bicyclic) bond motifs is 2. The number of aromatic nitrogens is 2. The van der Waals surface area contributed by atoms with Crippen LogP contribution in [-0.2, 0) is 4.74 Å². The number of carboxylic acid groups (broad SMARTS) is 1. The summed E-state index contributed by atoms with van der Waals surface area (Å²) in [5.41, 5.74) is -1.09. The highest BCUT2D eigenvalue weighted by atomic mass is 35.5. The number of ether oxygens (including phenoxy) is 2. The Morgan fingerprint density at radius 1 is 1.32 bits per heavy atom. The van der Waals surface area contributed by atoms with E-state index < -0.39 is 35.2 Å². The van der Waals surface area contributed by atoms with Crippen LogP contribution in [0.25, 0.3) is 11.3 Å². The second kappa shape index (κ2) is 8.81. The van der Waals surface area contributed by atoms with Crippen LogP contribution in [0.5, 0.6) is 5.75 Å². The van der Waals surface area contributed by atoms with E-state index in [1.165, 1.54) is 36.5 Å². The van der Waals surface area contributed by atoms with Gasteiger partial charge < -0.3 is 19.5 Å². The zero-order chi connectivity index (χ0) is 24.8. The van der Waals surface area contributed by atoms with Gasteiger partial charge >= 0.3 is 6.09 Å². The molecule has 4 atom stereocenters. The van der Waals surface area contributed by atoms with Crippen molar-refractivity contribution in [1.29, 1.82) is 0 Å². The Labute approximate surface area is 201 Å². The number of benzene rings is 1. The number of carbonyl (C=O) groups is 1. The molecule has 2 bridgehead atoms. The maximum Gasteiger partial charge on any atom is 0.408 e. The molecule has 1 aromatic carbocycles. The summed E-state index contributed by atoms with van der Waals surface area (Å²) in [6, 6.07) is 1.97. The molecular weight excluding hydrogens is 470 g/mol. The number of hydrogen-bond acceptors (Lipinski definition) is 6. The third kappa shape index (κ3) is 3.92. The highest BCUT2D eigenvalue weighted by Gasteiger charge is 2.63. The Balaban J connectivity index is 1.61. The van der Waals surface area contributed by atoms with Crippen LogP contribution < -0.4 is 9.64 Å². The molecule has 2 aromatic rings. The van der Waals surface area contributed by atoms with Crippen LogP contribution in [0.1, 0.15) is 33.1 Å². The van der Waals surface area contributed by atoms with Gasteiger partial charge in [0.15, 0.2) is 6.79 Å². The number of hydrogen-bond donors (Lipinski definition) is 1. The van der Waals surface area contributed by atoms with Crippen LogP contribution in [-0.4, -0.2) is 70.3 Å². The van der Waals surface area contributed by atoms with Crippen molar-refractivity contribution in [2.24, 2.45) is 0 Å². The molecule has 0 saturated carbocycles. The second-order valence-corrected chi connectivity index (χ2v) is 9.74. The summed E-state index contributed by atoms with van der Waals surface area (Å²) in [5.74, 6) is 0.0679.